The standard InChI is InChI=1S/C20H18N2O3S/c1-14-7-9-16(10-8-14)21-18(23)11-12-22-19(24)17(26-20(22)25)13-15-5-3-2-4-6-15/h2-10,13H,11-12H2,1H3,(H,21,23)/b17-13+. The average molecular weight is 366 g/mol. The lowest BCUT2D eigenvalue weighted by Crippen LogP contribution is -2.31. The van der Waals surface area contributed by atoms with Crippen molar-refractivity contribution < 1.29 is 14.4 Å². The van der Waals surface area contributed by atoms with E-state index in [4.69, 9.17) is 0 Å². The normalized spacial score (nSPS) is 15.6. The van der Waals surface area contributed by atoms with Crippen molar-refractivity contribution in [2.75, 3.05) is 11.9 Å². The molecule has 0 unspecified atom stereocenters. The zero-order valence-electron chi connectivity index (χ0n) is 14.3. The van der Waals surface area contributed by atoms with E-state index in [-0.39, 0.29) is 30.0 Å². The van der Waals surface area contributed by atoms with Gasteiger partial charge < -0.3 is 5.32 Å². The molecule has 0 radical (unpaired) electrons. The number of imide groups is 1. The number of benzene rings is 2. The number of nitrogens with zero attached hydrogens (tertiary/aromatic N) is 1. The second-order valence-electron chi connectivity index (χ2n) is 5.91. The molecule has 3 amide bonds. The summed E-state index contributed by atoms with van der Waals surface area (Å²) in [6, 6.07) is 16.8. The summed E-state index contributed by atoms with van der Waals surface area (Å²) in [5.41, 5.74) is 2.65. The lowest BCUT2D eigenvalue weighted by molar-refractivity contribution is -0.123. The highest BCUT2D eigenvalue weighted by atomic mass is 32.2. The number of nitrogens with one attached hydrogen (secondary N) is 1. The second kappa shape index (κ2) is 8.01. The molecule has 1 saturated heterocycles. The van der Waals surface area contributed by atoms with Crippen molar-refractivity contribution in [3.63, 3.8) is 0 Å². The maximum Gasteiger partial charge on any atom is 0.293 e. The number of thioether (sulfide) groups is 1. The van der Waals surface area contributed by atoms with Crippen LogP contribution in [-0.2, 0) is 9.59 Å². The quantitative estimate of drug-likeness (QED) is 0.811. The average Bonchev–Trinajstić information content (AvgIpc) is 2.89. The molecule has 132 valence electrons. The summed E-state index contributed by atoms with van der Waals surface area (Å²) >= 11 is 0.901. The Morgan fingerprint density at radius 2 is 1.77 bits per heavy atom. The van der Waals surface area contributed by atoms with Gasteiger partial charge in [-0.15, -0.1) is 0 Å². The minimum Gasteiger partial charge on any atom is -0.326 e. The highest BCUT2D eigenvalue weighted by molar-refractivity contribution is 8.18. The fraction of sp³-hybridized carbons (Fsp3) is 0.150. The minimum absolute atomic E-state index is 0.0601. The van der Waals surface area contributed by atoms with E-state index in [2.05, 4.69) is 5.32 Å². The Labute approximate surface area is 156 Å². The van der Waals surface area contributed by atoms with Crippen LogP contribution >= 0.6 is 11.8 Å². The Hall–Kier alpha value is -2.86. The molecular weight excluding hydrogens is 348 g/mol. The molecule has 1 fully saturated rings. The van der Waals surface area contributed by atoms with E-state index in [1.165, 1.54) is 0 Å². The molecule has 2 aromatic rings. The summed E-state index contributed by atoms with van der Waals surface area (Å²) in [4.78, 5) is 38.1. The molecular formula is C20H18N2O3S. The fourth-order valence-corrected chi connectivity index (χ4v) is 3.33. The van der Waals surface area contributed by atoms with Gasteiger partial charge in [-0.25, -0.2) is 0 Å². The van der Waals surface area contributed by atoms with Gasteiger partial charge in [0, 0.05) is 18.7 Å². The van der Waals surface area contributed by atoms with E-state index in [0.717, 1.165) is 27.8 Å². The van der Waals surface area contributed by atoms with Crippen molar-refractivity contribution in [1.82, 2.24) is 4.90 Å². The van der Waals surface area contributed by atoms with Crippen LogP contribution < -0.4 is 5.32 Å². The molecule has 1 heterocycles. The van der Waals surface area contributed by atoms with Crippen LogP contribution in [0.15, 0.2) is 59.5 Å². The van der Waals surface area contributed by atoms with E-state index in [1.807, 2.05) is 61.5 Å². The molecule has 0 aromatic heterocycles. The number of carbonyl (C=O) groups excluding carboxylic acids is 3. The molecule has 6 heteroatoms. The summed E-state index contributed by atoms with van der Waals surface area (Å²) in [7, 11) is 0. The number of aryl methyl sites for hydroxylation is 1. The van der Waals surface area contributed by atoms with Crippen LogP contribution in [0.3, 0.4) is 0 Å². The van der Waals surface area contributed by atoms with E-state index in [9.17, 15) is 14.4 Å². The van der Waals surface area contributed by atoms with Crippen LogP contribution in [0, 0.1) is 6.92 Å². The van der Waals surface area contributed by atoms with Gasteiger partial charge in [0.05, 0.1) is 4.91 Å². The summed E-state index contributed by atoms with van der Waals surface area (Å²) < 4.78 is 0. The van der Waals surface area contributed by atoms with Crippen LogP contribution in [-0.4, -0.2) is 28.5 Å². The smallest absolute Gasteiger partial charge is 0.293 e. The maximum absolute atomic E-state index is 12.4. The summed E-state index contributed by atoms with van der Waals surface area (Å²) in [5, 5.41) is 2.42. The first-order chi connectivity index (χ1) is 12.5. The van der Waals surface area contributed by atoms with Crippen molar-refractivity contribution in [3.8, 4) is 0 Å². The first-order valence-electron chi connectivity index (χ1n) is 8.20. The first kappa shape index (κ1) is 17.9. The third-order valence-corrected chi connectivity index (χ3v) is 4.78. The van der Waals surface area contributed by atoms with Crippen LogP contribution in [0.25, 0.3) is 6.08 Å². The van der Waals surface area contributed by atoms with Crippen molar-refractivity contribution in [1.29, 1.82) is 0 Å². The van der Waals surface area contributed by atoms with E-state index < -0.39 is 0 Å². The molecule has 1 aliphatic rings. The summed E-state index contributed by atoms with van der Waals surface area (Å²) in [5.74, 6) is -0.591. The SMILES string of the molecule is Cc1ccc(NC(=O)CCN2C(=O)S/C(=C/c3ccccc3)C2=O)cc1. The maximum atomic E-state index is 12.4. The number of carbonyl (C=O) groups is 3. The number of amides is 3. The molecule has 0 aliphatic carbocycles. The zero-order valence-corrected chi connectivity index (χ0v) is 15.1. The van der Waals surface area contributed by atoms with Crippen LogP contribution in [0.4, 0.5) is 10.5 Å². The zero-order chi connectivity index (χ0) is 18.5. The van der Waals surface area contributed by atoms with Gasteiger partial charge in [0.25, 0.3) is 11.1 Å². The molecule has 1 N–H and O–H groups in total. The Morgan fingerprint density at radius 1 is 1.08 bits per heavy atom. The molecule has 26 heavy (non-hydrogen) atoms. The first-order valence-corrected chi connectivity index (χ1v) is 9.01. The Kier molecular flexibility index (Phi) is 5.53. The largest absolute Gasteiger partial charge is 0.326 e. The topological polar surface area (TPSA) is 66.5 Å². The van der Waals surface area contributed by atoms with Crippen molar-refractivity contribution in [3.05, 3.63) is 70.6 Å². The van der Waals surface area contributed by atoms with E-state index >= 15 is 0 Å². The lowest BCUT2D eigenvalue weighted by atomic mass is 10.2. The molecule has 1 aliphatic heterocycles. The van der Waals surface area contributed by atoms with Crippen molar-refractivity contribution >= 4 is 40.6 Å². The van der Waals surface area contributed by atoms with Gasteiger partial charge in [-0.1, -0.05) is 48.0 Å². The van der Waals surface area contributed by atoms with E-state index in [0.29, 0.717) is 10.6 Å². The van der Waals surface area contributed by atoms with Crippen molar-refractivity contribution in [2.45, 2.75) is 13.3 Å². The van der Waals surface area contributed by atoms with Crippen LogP contribution in [0.1, 0.15) is 17.5 Å². The summed E-state index contributed by atoms with van der Waals surface area (Å²) in [6.45, 7) is 2.03. The molecule has 0 saturated carbocycles. The van der Waals surface area contributed by atoms with Crippen LogP contribution in [0.5, 0.6) is 0 Å². The molecule has 5 nitrogen and oxygen atoms in total. The monoisotopic (exact) mass is 366 g/mol. The van der Waals surface area contributed by atoms with Gasteiger partial charge in [-0.3, -0.25) is 19.3 Å². The van der Waals surface area contributed by atoms with Gasteiger partial charge in [0.1, 0.15) is 0 Å². The molecule has 0 bridgehead atoms. The minimum atomic E-state index is -0.355. The second-order valence-corrected chi connectivity index (χ2v) is 6.90. The molecule has 0 spiro atoms. The number of hydrogen-bond acceptors (Lipinski definition) is 4. The molecule has 3 rings (SSSR count). The number of anilines is 1. The lowest BCUT2D eigenvalue weighted by Gasteiger charge is -2.12. The van der Waals surface area contributed by atoms with Gasteiger partial charge in [-0.05, 0) is 42.5 Å². The van der Waals surface area contributed by atoms with E-state index in [1.54, 1.807) is 6.08 Å². The van der Waals surface area contributed by atoms with Gasteiger partial charge in [0.2, 0.25) is 5.91 Å². The van der Waals surface area contributed by atoms with Crippen molar-refractivity contribution in [2.24, 2.45) is 0 Å². The number of hydrogen-bond donors (Lipinski definition) is 1. The predicted molar refractivity (Wildman–Crippen MR) is 104 cm³/mol. The Bertz CT molecular complexity index is 860. The van der Waals surface area contributed by atoms with Gasteiger partial charge in [0.15, 0.2) is 0 Å². The predicted octanol–water partition coefficient (Wildman–Crippen LogP) is 4.06. The Morgan fingerprint density at radius 3 is 2.46 bits per heavy atom. The highest BCUT2D eigenvalue weighted by Crippen LogP contribution is 2.32. The molecule has 0 atom stereocenters. The Balaban J connectivity index is 1.58. The van der Waals surface area contributed by atoms with Crippen LogP contribution in [0.2, 0.25) is 0 Å². The highest BCUT2D eigenvalue weighted by Gasteiger charge is 2.34. The number of rotatable bonds is 5. The summed E-state index contributed by atoms with van der Waals surface area (Å²) in [6.07, 6.45) is 1.75. The third-order valence-electron chi connectivity index (χ3n) is 3.87. The third kappa shape index (κ3) is 4.40. The fourth-order valence-electron chi connectivity index (χ4n) is 2.47. The van der Waals surface area contributed by atoms with Gasteiger partial charge >= 0.3 is 0 Å². The molecule has 2 aromatic carbocycles. The van der Waals surface area contributed by atoms with Gasteiger partial charge in [-0.2, -0.15) is 0 Å².